The van der Waals surface area contributed by atoms with Gasteiger partial charge in [0.15, 0.2) is 0 Å². The maximum Gasteiger partial charge on any atom is 0.322 e. The van der Waals surface area contributed by atoms with Crippen LogP contribution in [0.25, 0.3) is 0 Å². The van der Waals surface area contributed by atoms with Crippen molar-refractivity contribution in [2.24, 2.45) is 0 Å². The van der Waals surface area contributed by atoms with Gasteiger partial charge in [0.05, 0.1) is 19.3 Å². The highest BCUT2D eigenvalue weighted by Crippen LogP contribution is 2.31. The van der Waals surface area contributed by atoms with E-state index in [9.17, 15) is 0 Å². The Morgan fingerprint density at radius 2 is 2.11 bits per heavy atom. The number of anilines is 2. The lowest BCUT2D eigenvalue weighted by Gasteiger charge is -2.16. The maximum absolute atomic E-state index is 5.59. The summed E-state index contributed by atoms with van der Waals surface area (Å²) in [5, 5.41) is 11.2. The third-order valence-electron chi connectivity index (χ3n) is 2.72. The van der Waals surface area contributed by atoms with E-state index in [1.807, 2.05) is 38.2 Å². The fourth-order valence-electron chi connectivity index (χ4n) is 1.69. The molecule has 0 fully saturated rings. The molecule has 0 unspecified atom stereocenters. The number of rotatable bonds is 6. The van der Waals surface area contributed by atoms with Crippen LogP contribution >= 0.6 is 0 Å². The average Bonchev–Trinajstić information content (AvgIpc) is 2.93. The van der Waals surface area contributed by atoms with E-state index in [0.717, 1.165) is 18.0 Å². The molecule has 0 aliphatic carbocycles. The highest BCUT2D eigenvalue weighted by molar-refractivity contribution is 5.63. The minimum Gasteiger partial charge on any atom is -0.495 e. The third kappa shape index (κ3) is 3.03. The van der Waals surface area contributed by atoms with Gasteiger partial charge >= 0.3 is 6.01 Å². The summed E-state index contributed by atoms with van der Waals surface area (Å²) < 4.78 is 10.9. The average molecular weight is 262 g/mol. The standard InChI is InChI=1S/C13H18N4O2/c1-4-14-9-12-15-16-13(19-12)17(2)10-7-5-6-8-11(10)18-3/h5-8,14H,4,9H2,1-3H3. The summed E-state index contributed by atoms with van der Waals surface area (Å²) in [7, 11) is 3.50. The van der Waals surface area contributed by atoms with E-state index in [0.29, 0.717) is 18.5 Å². The van der Waals surface area contributed by atoms with Crippen LogP contribution in [0.15, 0.2) is 28.7 Å². The molecular formula is C13H18N4O2. The number of nitrogens with one attached hydrogen (secondary N) is 1. The highest BCUT2D eigenvalue weighted by atomic mass is 16.5. The molecule has 0 atom stereocenters. The zero-order valence-corrected chi connectivity index (χ0v) is 11.4. The molecule has 0 saturated heterocycles. The van der Waals surface area contributed by atoms with Crippen LogP contribution in [0.5, 0.6) is 5.75 Å². The Balaban J connectivity index is 2.18. The van der Waals surface area contributed by atoms with E-state index < -0.39 is 0 Å². The first kappa shape index (κ1) is 13.4. The molecule has 19 heavy (non-hydrogen) atoms. The molecule has 0 aliphatic heterocycles. The quantitative estimate of drug-likeness (QED) is 0.858. The van der Waals surface area contributed by atoms with Crippen LogP contribution in [0, 0.1) is 0 Å². The van der Waals surface area contributed by atoms with Crippen molar-refractivity contribution >= 4 is 11.7 Å². The second-order valence-corrected chi connectivity index (χ2v) is 3.99. The van der Waals surface area contributed by atoms with Gasteiger partial charge in [-0.3, -0.25) is 4.90 Å². The number of aromatic nitrogens is 2. The predicted molar refractivity (Wildman–Crippen MR) is 72.7 cm³/mol. The van der Waals surface area contributed by atoms with Crippen molar-refractivity contribution in [3.05, 3.63) is 30.2 Å². The summed E-state index contributed by atoms with van der Waals surface area (Å²) in [6.07, 6.45) is 0. The van der Waals surface area contributed by atoms with Crippen LogP contribution in [0.3, 0.4) is 0 Å². The van der Waals surface area contributed by atoms with E-state index in [1.165, 1.54) is 0 Å². The van der Waals surface area contributed by atoms with Crippen LogP contribution in [-0.2, 0) is 6.54 Å². The number of ether oxygens (including phenoxy) is 1. The Morgan fingerprint density at radius 1 is 1.32 bits per heavy atom. The first-order valence-corrected chi connectivity index (χ1v) is 6.16. The predicted octanol–water partition coefficient (Wildman–Crippen LogP) is 1.96. The van der Waals surface area contributed by atoms with Crippen LogP contribution in [-0.4, -0.2) is 30.9 Å². The van der Waals surface area contributed by atoms with Gasteiger partial charge in [0.25, 0.3) is 0 Å². The van der Waals surface area contributed by atoms with Crippen molar-refractivity contribution in [1.29, 1.82) is 0 Å². The zero-order valence-electron chi connectivity index (χ0n) is 11.4. The van der Waals surface area contributed by atoms with Gasteiger partial charge in [0, 0.05) is 7.05 Å². The molecule has 0 radical (unpaired) electrons. The molecule has 1 aromatic heterocycles. The summed E-state index contributed by atoms with van der Waals surface area (Å²) in [5.41, 5.74) is 0.878. The SMILES string of the molecule is CCNCc1nnc(N(C)c2ccccc2OC)o1. The Morgan fingerprint density at radius 3 is 2.84 bits per heavy atom. The van der Waals surface area contributed by atoms with E-state index in [1.54, 1.807) is 12.0 Å². The summed E-state index contributed by atoms with van der Waals surface area (Å²) in [6, 6.07) is 8.12. The summed E-state index contributed by atoms with van der Waals surface area (Å²) in [6.45, 7) is 3.46. The molecule has 1 heterocycles. The fourth-order valence-corrected chi connectivity index (χ4v) is 1.69. The van der Waals surface area contributed by atoms with Gasteiger partial charge in [-0.15, -0.1) is 5.10 Å². The van der Waals surface area contributed by atoms with E-state index in [-0.39, 0.29) is 0 Å². The van der Waals surface area contributed by atoms with Crippen molar-refractivity contribution in [2.45, 2.75) is 13.5 Å². The minimum atomic E-state index is 0.442. The van der Waals surface area contributed by atoms with Crippen molar-refractivity contribution in [1.82, 2.24) is 15.5 Å². The largest absolute Gasteiger partial charge is 0.495 e. The molecule has 0 bridgehead atoms. The lowest BCUT2D eigenvalue weighted by Crippen LogP contribution is -2.12. The normalized spacial score (nSPS) is 10.5. The summed E-state index contributed by atoms with van der Waals surface area (Å²) in [4.78, 5) is 1.81. The molecule has 102 valence electrons. The van der Waals surface area contributed by atoms with Gasteiger partial charge in [-0.25, -0.2) is 0 Å². The summed E-state index contributed by atoms with van der Waals surface area (Å²) >= 11 is 0. The number of hydrogen-bond acceptors (Lipinski definition) is 6. The van der Waals surface area contributed by atoms with Gasteiger partial charge in [-0.1, -0.05) is 24.2 Å². The molecule has 1 N–H and O–H groups in total. The molecule has 0 amide bonds. The molecular weight excluding hydrogens is 244 g/mol. The van der Waals surface area contributed by atoms with Crippen molar-refractivity contribution in [3.63, 3.8) is 0 Å². The Hall–Kier alpha value is -2.08. The molecule has 1 aromatic carbocycles. The van der Waals surface area contributed by atoms with Gasteiger partial charge < -0.3 is 14.5 Å². The molecule has 6 nitrogen and oxygen atoms in total. The molecule has 2 aromatic rings. The first-order chi connectivity index (χ1) is 9.26. The molecule has 2 rings (SSSR count). The molecule has 6 heteroatoms. The molecule has 0 aliphatic rings. The van der Waals surface area contributed by atoms with Gasteiger partial charge in [-0.05, 0) is 18.7 Å². The van der Waals surface area contributed by atoms with Crippen LogP contribution in [0.4, 0.5) is 11.7 Å². The van der Waals surface area contributed by atoms with E-state index in [4.69, 9.17) is 9.15 Å². The smallest absolute Gasteiger partial charge is 0.322 e. The topological polar surface area (TPSA) is 63.4 Å². The number of benzene rings is 1. The molecule has 0 spiro atoms. The first-order valence-electron chi connectivity index (χ1n) is 6.16. The van der Waals surface area contributed by atoms with Gasteiger partial charge in [0.1, 0.15) is 5.75 Å². The Labute approximate surface area is 112 Å². The monoisotopic (exact) mass is 262 g/mol. The second kappa shape index (κ2) is 6.19. The van der Waals surface area contributed by atoms with Gasteiger partial charge in [0.2, 0.25) is 5.89 Å². The van der Waals surface area contributed by atoms with Crippen molar-refractivity contribution in [3.8, 4) is 5.75 Å². The van der Waals surface area contributed by atoms with Crippen LogP contribution in [0.1, 0.15) is 12.8 Å². The van der Waals surface area contributed by atoms with Crippen LogP contribution in [0.2, 0.25) is 0 Å². The van der Waals surface area contributed by atoms with Crippen molar-refractivity contribution < 1.29 is 9.15 Å². The third-order valence-corrected chi connectivity index (χ3v) is 2.72. The number of para-hydroxylation sites is 2. The Bertz CT molecular complexity index is 527. The number of hydrogen-bond donors (Lipinski definition) is 1. The highest BCUT2D eigenvalue weighted by Gasteiger charge is 2.15. The Kier molecular flexibility index (Phi) is 4.35. The lowest BCUT2D eigenvalue weighted by atomic mass is 10.3. The lowest BCUT2D eigenvalue weighted by molar-refractivity contribution is 0.414. The van der Waals surface area contributed by atoms with Gasteiger partial charge in [-0.2, -0.15) is 0 Å². The van der Waals surface area contributed by atoms with Crippen LogP contribution < -0.4 is 15.0 Å². The minimum absolute atomic E-state index is 0.442. The maximum atomic E-state index is 5.59. The van der Waals surface area contributed by atoms with E-state index in [2.05, 4.69) is 15.5 Å². The second-order valence-electron chi connectivity index (χ2n) is 3.99. The zero-order chi connectivity index (χ0) is 13.7. The summed E-state index contributed by atoms with van der Waals surface area (Å²) in [5.74, 6) is 1.33. The number of methoxy groups -OCH3 is 1. The fraction of sp³-hybridized carbons (Fsp3) is 0.385. The van der Waals surface area contributed by atoms with Crippen molar-refractivity contribution in [2.75, 3.05) is 25.6 Å². The number of nitrogens with zero attached hydrogens (tertiary/aromatic N) is 3. The molecule has 0 saturated carbocycles. The van der Waals surface area contributed by atoms with E-state index >= 15 is 0 Å².